The Balaban J connectivity index is 2.27. The highest BCUT2D eigenvalue weighted by Crippen LogP contribution is 2.44. The highest BCUT2D eigenvalue weighted by Gasteiger charge is 2.34. The van der Waals surface area contributed by atoms with Crippen molar-refractivity contribution in [1.29, 1.82) is 0 Å². The van der Waals surface area contributed by atoms with Gasteiger partial charge in [-0.05, 0) is 55.8 Å². The van der Waals surface area contributed by atoms with E-state index in [2.05, 4.69) is 47.2 Å². The third-order valence-corrected chi connectivity index (χ3v) is 4.53. The van der Waals surface area contributed by atoms with E-state index < -0.39 is 0 Å². The fourth-order valence-electron chi connectivity index (χ4n) is 2.72. The van der Waals surface area contributed by atoms with Gasteiger partial charge in [0.05, 0.1) is 7.11 Å². The van der Waals surface area contributed by atoms with Gasteiger partial charge in [-0.1, -0.05) is 29.8 Å². The summed E-state index contributed by atoms with van der Waals surface area (Å²) in [4.78, 5) is 0. The fraction of sp³-hybridized carbons (Fsp3) is 0.625. The first-order chi connectivity index (χ1) is 9.17. The first kappa shape index (κ1) is 14.9. The molecule has 0 heterocycles. The molecule has 0 radical (unpaired) electrons. The van der Waals surface area contributed by atoms with E-state index >= 15 is 0 Å². The van der Waals surface area contributed by atoms with E-state index in [0.717, 1.165) is 29.1 Å². The standard InChI is InChI=1S/C16H24BrNO/c1-4-9-18-16(11(2)12-5-6-12)14-10-13(17)7-8-15(14)19-3/h7-8,10-12,16,18H,4-6,9H2,1-3H3. The Bertz CT molecular complexity index is 417. The predicted octanol–water partition coefficient (Wildman–Crippen LogP) is 4.54. The van der Waals surface area contributed by atoms with Crippen molar-refractivity contribution in [3.05, 3.63) is 28.2 Å². The maximum absolute atomic E-state index is 5.55. The van der Waals surface area contributed by atoms with Gasteiger partial charge in [0, 0.05) is 16.1 Å². The van der Waals surface area contributed by atoms with E-state index in [1.54, 1.807) is 7.11 Å². The van der Waals surface area contributed by atoms with Crippen LogP contribution in [-0.2, 0) is 0 Å². The maximum atomic E-state index is 5.55. The zero-order chi connectivity index (χ0) is 13.8. The molecule has 0 amide bonds. The minimum atomic E-state index is 0.389. The molecule has 2 unspecified atom stereocenters. The number of methoxy groups -OCH3 is 1. The second-order valence-electron chi connectivity index (χ2n) is 5.51. The van der Waals surface area contributed by atoms with Gasteiger partial charge in [0.2, 0.25) is 0 Å². The Morgan fingerprint density at radius 2 is 2.16 bits per heavy atom. The van der Waals surface area contributed by atoms with Crippen LogP contribution in [0.1, 0.15) is 44.7 Å². The predicted molar refractivity (Wildman–Crippen MR) is 83.6 cm³/mol. The van der Waals surface area contributed by atoms with E-state index in [0.29, 0.717) is 12.0 Å². The average molecular weight is 326 g/mol. The van der Waals surface area contributed by atoms with Crippen LogP contribution < -0.4 is 10.1 Å². The van der Waals surface area contributed by atoms with Gasteiger partial charge in [-0.2, -0.15) is 0 Å². The molecule has 0 aliphatic heterocycles. The molecule has 2 atom stereocenters. The lowest BCUT2D eigenvalue weighted by Crippen LogP contribution is -2.29. The van der Waals surface area contributed by atoms with Crippen molar-refractivity contribution in [3.63, 3.8) is 0 Å². The monoisotopic (exact) mass is 325 g/mol. The molecule has 2 rings (SSSR count). The quantitative estimate of drug-likeness (QED) is 0.794. The Hall–Kier alpha value is -0.540. The normalized spacial score (nSPS) is 18.1. The van der Waals surface area contributed by atoms with Crippen molar-refractivity contribution in [2.24, 2.45) is 11.8 Å². The Morgan fingerprint density at radius 1 is 1.42 bits per heavy atom. The summed E-state index contributed by atoms with van der Waals surface area (Å²) in [5.41, 5.74) is 1.28. The van der Waals surface area contributed by atoms with Gasteiger partial charge in [-0.3, -0.25) is 0 Å². The van der Waals surface area contributed by atoms with Crippen LogP contribution in [0.4, 0.5) is 0 Å². The van der Waals surface area contributed by atoms with E-state index in [-0.39, 0.29) is 0 Å². The van der Waals surface area contributed by atoms with Gasteiger partial charge in [-0.25, -0.2) is 0 Å². The Kier molecular flexibility index (Phi) is 5.28. The van der Waals surface area contributed by atoms with Gasteiger partial charge in [-0.15, -0.1) is 0 Å². The summed E-state index contributed by atoms with van der Waals surface area (Å²) in [7, 11) is 1.76. The number of benzene rings is 1. The summed E-state index contributed by atoms with van der Waals surface area (Å²) >= 11 is 3.58. The first-order valence-electron chi connectivity index (χ1n) is 7.24. The first-order valence-corrected chi connectivity index (χ1v) is 8.03. The van der Waals surface area contributed by atoms with Crippen LogP contribution in [0.15, 0.2) is 22.7 Å². The Labute approximate surface area is 125 Å². The van der Waals surface area contributed by atoms with E-state index in [1.165, 1.54) is 18.4 Å². The van der Waals surface area contributed by atoms with Crippen molar-refractivity contribution in [3.8, 4) is 5.75 Å². The molecule has 0 spiro atoms. The fourth-order valence-corrected chi connectivity index (χ4v) is 3.10. The minimum absolute atomic E-state index is 0.389. The van der Waals surface area contributed by atoms with Gasteiger partial charge in [0.25, 0.3) is 0 Å². The lowest BCUT2D eigenvalue weighted by Gasteiger charge is -2.27. The molecule has 1 saturated carbocycles. The average Bonchev–Trinajstić information content (AvgIpc) is 3.23. The van der Waals surface area contributed by atoms with Gasteiger partial charge < -0.3 is 10.1 Å². The molecule has 1 N–H and O–H groups in total. The van der Waals surface area contributed by atoms with E-state index in [9.17, 15) is 0 Å². The number of nitrogens with one attached hydrogen (secondary N) is 1. The molecule has 1 aromatic rings. The van der Waals surface area contributed by atoms with Crippen LogP contribution in [0.25, 0.3) is 0 Å². The molecule has 3 heteroatoms. The van der Waals surface area contributed by atoms with Crippen LogP contribution in [0.3, 0.4) is 0 Å². The van der Waals surface area contributed by atoms with Gasteiger partial charge in [0.15, 0.2) is 0 Å². The minimum Gasteiger partial charge on any atom is -0.496 e. The van der Waals surface area contributed by atoms with Gasteiger partial charge >= 0.3 is 0 Å². The van der Waals surface area contributed by atoms with Crippen molar-refractivity contribution in [1.82, 2.24) is 5.32 Å². The highest BCUT2D eigenvalue weighted by molar-refractivity contribution is 9.10. The lowest BCUT2D eigenvalue weighted by atomic mass is 9.90. The molecular formula is C16H24BrNO. The summed E-state index contributed by atoms with van der Waals surface area (Å²) in [5.74, 6) is 2.53. The molecule has 2 nitrogen and oxygen atoms in total. The third-order valence-electron chi connectivity index (χ3n) is 4.03. The molecular weight excluding hydrogens is 302 g/mol. The molecule has 19 heavy (non-hydrogen) atoms. The SMILES string of the molecule is CCCNC(c1cc(Br)ccc1OC)C(C)C1CC1. The summed E-state index contributed by atoms with van der Waals surface area (Å²) in [6.07, 6.45) is 3.91. The largest absolute Gasteiger partial charge is 0.496 e. The molecule has 1 fully saturated rings. The maximum Gasteiger partial charge on any atom is 0.123 e. The summed E-state index contributed by atoms with van der Waals surface area (Å²) < 4.78 is 6.67. The zero-order valence-electron chi connectivity index (χ0n) is 12.1. The van der Waals surface area contributed by atoms with Crippen LogP contribution >= 0.6 is 15.9 Å². The number of halogens is 1. The van der Waals surface area contributed by atoms with Gasteiger partial charge in [0.1, 0.15) is 5.75 Å². The van der Waals surface area contributed by atoms with Crippen LogP contribution in [-0.4, -0.2) is 13.7 Å². The van der Waals surface area contributed by atoms with Crippen molar-refractivity contribution >= 4 is 15.9 Å². The molecule has 1 aliphatic rings. The number of hydrogen-bond donors (Lipinski definition) is 1. The van der Waals surface area contributed by atoms with Crippen LogP contribution in [0.2, 0.25) is 0 Å². The summed E-state index contributed by atoms with van der Waals surface area (Å²) in [6, 6.07) is 6.69. The summed E-state index contributed by atoms with van der Waals surface area (Å²) in [6.45, 7) is 5.63. The zero-order valence-corrected chi connectivity index (χ0v) is 13.7. The molecule has 0 aromatic heterocycles. The highest BCUT2D eigenvalue weighted by atomic mass is 79.9. The molecule has 0 bridgehead atoms. The smallest absolute Gasteiger partial charge is 0.123 e. The number of ether oxygens (including phenoxy) is 1. The number of rotatable bonds is 7. The van der Waals surface area contributed by atoms with Crippen molar-refractivity contribution < 1.29 is 4.74 Å². The molecule has 1 aromatic carbocycles. The van der Waals surface area contributed by atoms with Crippen LogP contribution in [0.5, 0.6) is 5.75 Å². The summed E-state index contributed by atoms with van der Waals surface area (Å²) in [5, 5.41) is 3.71. The molecule has 0 saturated heterocycles. The van der Waals surface area contributed by atoms with Crippen molar-refractivity contribution in [2.45, 2.75) is 39.2 Å². The second-order valence-corrected chi connectivity index (χ2v) is 6.43. The Morgan fingerprint density at radius 3 is 2.74 bits per heavy atom. The molecule has 1 aliphatic carbocycles. The van der Waals surface area contributed by atoms with E-state index in [4.69, 9.17) is 4.74 Å². The number of hydrogen-bond acceptors (Lipinski definition) is 2. The second kappa shape index (κ2) is 6.76. The van der Waals surface area contributed by atoms with Crippen molar-refractivity contribution in [2.75, 3.05) is 13.7 Å². The van der Waals surface area contributed by atoms with Crippen LogP contribution in [0, 0.1) is 11.8 Å². The topological polar surface area (TPSA) is 21.3 Å². The third kappa shape index (κ3) is 3.73. The molecule has 106 valence electrons. The van der Waals surface area contributed by atoms with E-state index in [1.807, 2.05) is 6.07 Å². The lowest BCUT2D eigenvalue weighted by molar-refractivity contribution is 0.332.